The third-order valence-corrected chi connectivity index (χ3v) is 6.91. The topological polar surface area (TPSA) is 96.8 Å². The van der Waals surface area contributed by atoms with Crippen LogP contribution in [0.1, 0.15) is 30.4 Å². The van der Waals surface area contributed by atoms with Crippen molar-refractivity contribution in [3.05, 3.63) is 87.7 Å². The lowest BCUT2D eigenvalue weighted by molar-refractivity contribution is 0.284. The highest BCUT2D eigenvalue weighted by Crippen LogP contribution is 2.30. The number of halogens is 3. The second-order valence-corrected chi connectivity index (χ2v) is 10.1. The van der Waals surface area contributed by atoms with Gasteiger partial charge in [-0.25, -0.2) is 9.82 Å². The summed E-state index contributed by atoms with van der Waals surface area (Å²) in [6.07, 6.45) is 4.95. The third-order valence-electron chi connectivity index (χ3n) is 6.33. The zero-order valence-electron chi connectivity index (χ0n) is 22.3. The molecule has 0 amide bonds. The van der Waals surface area contributed by atoms with Crippen LogP contribution in [0.15, 0.2) is 65.8 Å². The summed E-state index contributed by atoms with van der Waals surface area (Å²) in [7, 11) is 1.57. The first-order valence-corrected chi connectivity index (χ1v) is 13.8. The van der Waals surface area contributed by atoms with Gasteiger partial charge in [0.2, 0.25) is 17.8 Å². The van der Waals surface area contributed by atoms with Gasteiger partial charge in [-0.05, 0) is 79.4 Å². The van der Waals surface area contributed by atoms with Gasteiger partial charge in [0.15, 0.2) is 11.5 Å². The van der Waals surface area contributed by atoms with Crippen molar-refractivity contribution in [2.45, 2.75) is 25.9 Å². The fourth-order valence-corrected chi connectivity index (χ4v) is 4.67. The number of hydrazone groups is 1. The highest BCUT2D eigenvalue weighted by molar-refractivity contribution is 6.35. The molecule has 1 saturated heterocycles. The van der Waals surface area contributed by atoms with Gasteiger partial charge in [-0.3, -0.25) is 0 Å². The molecule has 212 valence electrons. The van der Waals surface area contributed by atoms with E-state index >= 15 is 0 Å². The van der Waals surface area contributed by atoms with Crippen LogP contribution in [0.25, 0.3) is 0 Å². The first kappa shape index (κ1) is 28.4. The first-order valence-electron chi connectivity index (χ1n) is 13.0. The number of benzene rings is 3. The lowest BCUT2D eigenvalue weighted by Gasteiger charge is -2.26. The predicted octanol–water partition coefficient (Wildman–Crippen LogP) is 7.09. The van der Waals surface area contributed by atoms with Crippen molar-refractivity contribution in [2.75, 3.05) is 35.8 Å². The van der Waals surface area contributed by atoms with E-state index in [1.807, 2.05) is 12.1 Å². The Balaban J connectivity index is 1.29. The van der Waals surface area contributed by atoms with Crippen molar-refractivity contribution >= 4 is 52.9 Å². The van der Waals surface area contributed by atoms with Crippen LogP contribution in [0, 0.1) is 5.82 Å². The molecule has 41 heavy (non-hydrogen) atoms. The Morgan fingerprint density at radius 2 is 1.71 bits per heavy atom. The SMILES string of the molecule is COc1cc(/C=N/Nc2nc(Nc3ccc(F)cc3)nc(N3CCCCC3)n2)ccc1OCc1ccc(Cl)cc1Cl. The Kier molecular flexibility index (Phi) is 9.33. The Hall–Kier alpha value is -4.15. The minimum Gasteiger partial charge on any atom is -0.493 e. The summed E-state index contributed by atoms with van der Waals surface area (Å²) >= 11 is 12.2. The van der Waals surface area contributed by atoms with E-state index in [9.17, 15) is 4.39 Å². The van der Waals surface area contributed by atoms with Gasteiger partial charge >= 0.3 is 0 Å². The fourth-order valence-electron chi connectivity index (χ4n) is 4.21. The molecule has 12 heteroatoms. The monoisotopic (exact) mass is 595 g/mol. The molecule has 3 aromatic carbocycles. The molecule has 0 unspecified atom stereocenters. The maximum atomic E-state index is 13.4. The van der Waals surface area contributed by atoms with Gasteiger partial charge in [-0.2, -0.15) is 20.1 Å². The fraction of sp³-hybridized carbons (Fsp3) is 0.241. The Morgan fingerprint density at radius 3 is 2.46 bits per heavy atom. The maximum Gasteiger partial charge on any atom is 0.250 e. The molecule has 0 saturated carbocycles. The minimum absolute atomic E-state index is 0.258. The summed E-state index contributed by atoms with van der Waals surface area (Å²) < 4.78 is 24.8. The van der Waals surface area contributed by atoms with Crippen LogP contribution in [0.4, 0.5) is 27.9 Å². The van der Waals surface area contributed by atoms with Crippen LogP contribution in [0.5, 0.6) is 11.5 Å². The van der Waals surface area contributed by atoms with Crippen LogP contribution in [-0.4, -0.2) is 41.4 Å². The van der Waals surface area contributed by atoms with E-state index in [1.54, 1.807) is 49.7 Å². The first-order chi connectivity index (χ1) is 20.0. The second-order valence-electron chi connectivity index (χ2n) is 9.27. The molecule has 0 radical (unpaired) electrons. The Bertz CT molecular complexity index is 1520. The standard InChI is InChI=1S/C29H28Cl2FN7O2/c1-40-26-15-19(5-12-25(26)41-18-20-6-7-21(30)16-24(20)31)17-33-38-28-35-27(34-23-10-8-22(32)9-11-23)36-29(37-28)39-13-3-2-4-14-39/h5-12,15-17H,2-4,13-14,18H2,1H3,(H2,34,35,36,37,38)/b33-17+. The van der Waals surface area contributed by atoms with Crippen molar-refractivity contribution in [2.24, 2.45) is 5.10 Å². The zero-order valence-corrected chi connectivity index (χ0v) is 23.8. The van der Waals surface area contributed by atoms with E-state index in [1.165, 1.54) is 18.6 Å². The summed E-state index contributed by atoms with van der Waals surface area (Å²) in [6.45, 7) is 1.98. The van der Waals surface area contributed by atoms with Gasteiger partial charge in [0.25, 0.3) is 0 Å². The van der Waals surface area contributed by atoms with Crippen LogP contribution in [-0.2, 0) is 6.61 Å². The number of anilines is 4. The molecule has 1 aromatic heterocycles. The van der Waals surface area contributed by atoms with E-state index in [4.69, 9.17) is 32.7 Å². The van der Waals surface area contributed by atoms with Crippen LogP contribution in [0.3, 0.4) is 0 Å². The molecule has 4 aromatic rings. The molecule has 9 nitrogen and oxygen atoms in total. The second kappa shape index (κ2) is 13.5. The van der Waals surface area contributed by atoms with Crippen molar-refractivity contribution in [3.63, 3.8) is 0 Å². The highest BCUT2D eigenvalue weighted by Gasteiger charge is 2.16. The number of aromatic nitrogens is 3. The van der Waals surface area contributed by atoms with Gasteiger partial charge < -0.3 is 19.7 Å². The molecule has 2 N–H and O–H groups in total. The maximum absolute atomic E-state index is 13.4. The molecular weight excluding hydrogens is 568 g/mol. The van der Waals surface area contributed by atoms with E-state index < -0.39 is 0 Å². The quantitative estimate of drug-likeness (QED) is 0.148. The summed E-state index contributed by atoms with van der Waals surface area (Å²) in [5, 5.41) is 8.54. The van der Waals surface area contributed by atoms with Gasteiger partial charge in [-0.1, -0.05) is 29.3 Å². The molecule has 1 fully saturated rings. The number of ether oxygens (including phenoxy) is 2. The van der Waals surface area contributed by atoms with Gasteiger partial charge in [0.05, 0.1) is 13.3 Å². The summed E-state index contributed by atoms with van der Waals surface area (Å²) in [5.74, 6) is 1.92. The van der Waals surface area contributed by atoms with Crippen LogP contribution in [0.2, 0.25) is 10.0 Å². The van der Waals surface area contributed by atoms with E-state index in [2.05, 4.69) is 35.7 Å². The lowest BCUT2D eigenvalue weighted by atomic mass is 10.1. The summed E-state index contributed by atoms with van der Waals surface area (Å²) in [4.78, 5) is 15.7. The van der Waals surface area contributed by atoms with Crippen molar-refractivity contribution in [1.82, 2.24) is 15.0 Å². The lowest BCUT2D eigenvalue weighted by Crippen LogP contribution is -2.31. The molecule has 1 aliphatic rings. The van der Waals surface area contributed by atoms with Crippen molar-refractivity contribution in [1.29, 1.82) is 0 Å². The van der Waals surface area contributed by atoms with Gasteiger partial charge in [0.1, 0.15) is 12.4 Å². The number of piperidine rings is 1. The Labute approximate surface area is 247 Å². The number of rotatable bonds is 10. The van der Waals surface area contributed by atoms with E-state index in [0.29, 0.717) is 39.1 Å². The molecule has 1 aliphatic heterocycles. The zero-order chi connectivity index (χ0) is 28.6. The van der Waals surface area contributed by atoms with E-state index in [0.717, 1.165) is 37.1 Å². The highest BCUT2D eigenvalue weighted by atomic mass is 35.5. The average molecular weight is 596 g/mol. The smallest absolute Gasteiger partial charge is 0.250 e. The molecule has 5 rings (SSSR count). The number of nitrogens with zero attached hydrogens (tertiary/aromatic N) is 5. The van der Waals surface area contributed by atoms with E-state index in [-0.39, 0.29) is 18.4 Å². The number of hydrogen-bond acceptors (Lipinski definition) is 9. The summed E-state index contributed by atoms with van der Waals surface area (Å²) in [6, 6.07) is 16.7. The Morgan fingerprint density at radius 1 is 0.927 bits per heavy atom. The molecule has 0 aliphatic carbocycles. The molecule has 0 atom stereocenters. The molecule has 2 heterocycles. The normalized spacial score (nSPS) is 13.3. The number of methoxy groups -OCH3 is 1. The van der Waals surface area contributed by atoms with Crippen LogP contribution < -0.4 is 25.1 Å². The van der Waals surface area contributed by atoms with Crippen molar-refractivity contribution in [3.8, 4) is 11.5 Å². The van der Waals surface area contributed by atoms with Gasteiger partial charge in [0, 0.05) is 34.4 Å². The minimum atomic E-state index is -0.320. The molecule has 0 bridgehead atoms. The third kappa shape index (κ3) is 7.74. The van der Waals surface area contributed by atoms with Crippen LogP contribution >= 0.6 is 23.2 Å². The number of nitrogens with one attached hydrogen (secondary N) is 2. The molecule has 0 spiro atoms. The average Bonchev–Trinajstić information content (AvgIpc) is 2.98. The van der Waals surface area contributed by atoms with Gasteiger partial charge in [-0.15, -0.1) is 0 Å². The predicted molar refractivity (Wildman–Crippen MR) is 161 cm³/mol. The number of hydrogen-bond donors (Lipinski definition) is 2. The molecular formula is C29H28Cl2FN7O2. The largest absolute Gasteiger partial charge is 0.493 e. The van der Waals surface area contributed by atoms with Crippen molar-refractivity contribution < 1.29 is 13.9 Å². The summed E-state index contributed by atoms with van der Waals surface area (Å²) in [5.41, 5.74) is 5.13.